The van der Waals surface area contributed by atoms with Crippen LogP contribution in [0.5, 0.6) is 0 Å². The van der Waals surface area contributed by atoms with Gasteiger partial charge in [0.2, 0.25) is 0 Å². The summed E-state index contributed by atoms with van der Waals surface area (Å²) in [6, 6.07) is 3.87. The van der Waals surface area contributed by atoms with E-state index in [1.54, 1.807) is 19.2 Å². The molecule has 3 rings (SSSR count). The number of amides is 1. The van der Waals surface area contributed by atoms with Crippen LogP contribution in [-0.2, 0) is 12.8 Å². The molecule has 130 valence electrons. The van der Waals surface area contributed by atoms with Crippen molar-refractivity contribution in [2.75, 3.05) is 5.32 Å². The molecule has 0 radical (unpaired) electrons. The van der Waals surface area contributed by atoms with E-state index < -0.39 is 0 Å². The molecule has 0 fully saturated rings. The second-order valence-corrected chi connectivity index (χ2v) is 8.67. The Balaban J connectivity index is 1.88. The molecule has 25 heavy (non-hydrogen) atoms. The van der Waals surface area contributed by atoms with Crippen LogP contribution in [0.3, 0.4) is 0 Å². The van der Waals surface area contributed by atoms with Crippen LogP contribution < -0.4 is 5.32 Å². The van der Waals surface area contributed by atoms with Crippen LogP contribution in [0.4, 0.5) is 5.00 Å². The van der Waals surface area contributed by atoms with Crippen molar-refractivity contribution in [3.63, 3.8) is 0 Å². The molecule has 1 amide bonds. The van der Waals surface area contributed by atoms with Crippen molar-refractivity contribution in [1.29, 1.82) is 5.26 Å². The molecule has 0 saturated heterocycles. The second-order valence-electron chi connectivity index (χ2n) is 7.57. The topological polar surface area (TPSA) is 78.7 Å². The third-order valence-electron chi connectivity index (χ3n) is 4.84. The van der Waals surface area contributed by atoms with Crippen molar-refractivity contribution in [2.24, 2.45) is 11.3 Å². The molecule has 0 saturated carbocycles. The number of nitriles is 1. The Labute approximate surface area is 152 Å². The second kappa shape index (κ2) is 6.57. The lowest BCUT2D eigenvalue weighted by molar-refractivity contribution is 0.102. The number of carbonyl (C=O) groups excluding carboxylic acids is 1. The minimum Gasteiger partial charge on any atom is -0.311 e. The van der Waals surface area contributed by atoms with Gasteiger partial charge in [-0.2, -0.15) is 5.26 Å². The predicted molar refractivity (Wildman–Crippen MR) is 98.7 cm³/mol. The first-order valence-corrected chi connectivity index (χ1v) is 9.27. The van der Waals surface area contributed by atoms with Gasteiger partial charge in [0.05, 0.1) is 5.56 Å². The standard InChI is InChI=1S/C19H22N4OS/c1-11-21-8-7-15(22-11)17(24)23-18-14(10-20)13-6-5-12(19(2,3)4)9-16(13)25-18/h7-8,12H,5-6,9H2,1-4H3,(H,23,24). The molecular weight excluding hydrogens is 332 g/mol. The summed E-state index contributed by atoms with van der Waals surface area (Å²) in [6.07, 6.45) is 4.52. The van der Waals surface area contributed by atoms with E-state index in [1.165, 1.54) is 16.2 Å². The molecule has 0 bridgehead atoms. The normalized spacial score (nSPS) is 16.8. The van der Waals surface area contributed by atoms with E-state index in [0.717, 1.165) is 24.8 Å². The van der Waals surface area contributed by atoms with E-state index in [9.17, 15) is 10.1 Å². The maximum absolute atomic E-state index is 12.5. The first-order chi connectivity index (χ1) is 11.8. The molecule has 2 heterocycles. The van der Waals surface area contributed by atoms with E-state index in [2.05, 4.69) is 42.1 Å². The zero-order chi connectivity index (χ0) is 18.2. The lowest BCUT2D eigenvalue weighted by atomic mass is 9.72. The quantitative estimate of drug-likeness (QED) is 0.880. The molecular formula is C19H22N4OS. The molecule has 1 aliphatic carbocycles. The van der Waals surface area contributed by atoms with Gasteiger partial charge in [-0.05, 0) is 49.1 Å². The van der Waals surface area contributed by atoms with Crippen molar-refractivity contribution >= 4 is 22.2 Å². The van der Waals surface area contributed by atoms with Crippen LogP contribution in [0.2, 0.25) is 0 Å². The van der Waals surface area contributed by atoms with Crippen LogP contribution in [0.25, 0.3) is 0 Å². The molecule has 1 aliphatic rings. The molecule has 0 aromatic carbocycles. The van der Waals surface area contributed by atoms with E-state index >= 15 is 0 Å². The van der Waals surface area contributed by atoms with Gasteiger partial charge in [0.25, 0.3) is 5.91 Å². The minimum atomic E-state index is -0.298. The molecule has 1 atom stereocenters. The van der Waals surface area contributed by atoms with Gasteiger partial charge >= 0.3 is 0 Å². The Morgan fingerprint density at radius 3 is 2.84 bits per heavy atom. The summed E-state index contributed by atoms with van der Waals surface area (Å²) >= 11 is 1.54. The van der Waals surface area contributed by atoms with Crippen LogP contribution >= 0.6 is 11.3 Å². The van der Waals surface area contributed by atoms with Crippen LogP contribution in [0, 0.1) is 29.6 Å². The molecule has 6 heteroatoms. The van der Waals surface area contributed by atoms with Crippen molar-refractivity contribution in [2.45, 2.75) is 47.0 Å². The first kappa shape index (κ1) is 17.6. The number of nitrogens with zero attached hydrogens (tertiary/aromatic N) is 3. The number of thiophene rings is 1. The van der Waals surface area contributed by atoms with Crippen LogP contribution in [-0.4, -0.2) is 15.9 Å². The number of aryl methyl sites for hydroxylation is 1. The van der Waals surface area contributed by atoms with Gasteiger partial charge in [-0.25, -0.2) is 9.97 Å². The molecule has 2 aromatic rings. The third-order valence-corrected chi connectivity index (χ3v) is 6.01. The average molecular weight is 354 g/mol. The number of anilines is 1. The predicted octanol–water partition coefficient (Wildman–Crippen LogP) is 4.12. The number of hydrogen-bond acceptors (Lipinski definition) is 5. The maximum Gasteiger partial charge on any atom is 0.275 e. The average Bonchev–Trinajstić information content (AvgIpc) is 2.90. The van der Waals surface area contributed by atoms with Crippen LogP contribution in [0.1, 0.15) is 59.5 Å². The molecule has 1 unspecified atom stereocenters. The molecule has 0 spiro atoms. The van der Waals surface area contributed by atoms with Crippen molar-refractivity contribution in [3.8, 4) is 6.07 Å². The summed E-state index contributed by atoms with van der Waals surface area (Å²) in [5.74, 6) is 0.845. The van der Waals surface area contributed by atoms with Gasteiger partial charge in [-0.3, -0.25) is 4.79 Å². The number of aromatic nitrogens is 2. The Morgan fingerprint density at radius 1 is 1.44 bits per heavy atom. The molecule has 0 aliphatic heterocycles. The number of fused-ring (bicyclic) bond motifs is 1. The van der Waals surface area contributed by atoms with Crippen molar-refractivity contribution < 1.29 is 4.79 Å². The highest BCUT2D eigenvalue weighted by atomic mass is 32.1. The monoisotopic (exact) mass is 354 g/mol. The zero-order valence-electron chi connectivity index (χ0n) is 15.0. The van der Waals surface area contributed by atoms with Gasteiger partial charge < -0.3 is 5.32 Å². The zero-order valence-corrected chi connectivity index (χ0v) is 15.8. The number of hydrogen-bond donors (Lipinski definition) is 1. The third kappa shape index (κ3) is 3.57. The smallest absolute Gasteiger partial charge is 0.275 e. The number of rotatable bonds is 2. The first-order valence-electron chi connectivity index (χ1n) is 8.45. The van der Waals surface area contributed by atoms with E-state index in [4.69, 9.17) is 0 Å². The maximum atomic E-state index is 12.5. The lowest BCUT2D eigenvalue weighted by Crippen LogP contribution is -2.26. The summed E-state index contributed by atoms with van der Waals surface area (Å²) in [5.41, 5.74) is 2.29. The Bertz CT molecular complexity index is 857. The summed E-state index contributed by atoms with van der Waals surface area (Å²) in [4.78, 5) is 21.9. The Hall–Kier alpha value is -2.26. The largest absolute Gasteiger partial charge is 0.311 e. The molecule has 1 N–H and O–H groups in total. The highest BCUT2D eigenvalue weighted by Gasteiger charge is 2.32. The van der Waals surface area contributed by atoms with E-state index in [-0.39, 0.29) is 11.3 Å². The van der Waals surface area contributed by atoms with Gasteiger partial charge in [0.15, 0.2) is 0 Å². The van der Waals surface area contributed by atoms with Crippen LogP contribution in [0.15, 0.2) is 12.3 Å². The fraction of sp³-hybridized carbons (Fsp3) is 0.474. The fourth-order valence-corrected chi connectivity index (χ4v) is 4.55. The highest BCUT2D eigenvalue weighted by Crippen LogP contribution is 2.44. The number of nitrogens with one attached hydrogen (secondary N) is 1. The number of carbonyl (C=O) groups is 1. The summed E-state index contributed by atoms with van der Waals surface area (Å²) in [6.45, 7) is 8.54. The lowest BCUT2D eigenvalue weighted by Gasteiger charge is -2.33. The Kier molecular flexibility index (Phi) is 4.61. The van der Waals surface area contributed by atoms with Gasteiger partial charge in [0.1, 0.15) is 22.6 Å². The molecule has 5 nitrogen and oxygen atoms in total. The Morgan fingerprint density at radius 2 is 2.20 bits per heavy atom. The van der Waals surface area contributed by atoms with E-state index in [0.29, 0.717) is 28.0 Å². The highest BCUT2D eigenvalue weighted by molar-refractivity contribution is 7.16. The van der Waals surface area contributed by atoms with Crippen molar-refractivity contribution in [3.05, 3.63) is 39.8 Å². The van der Waals surface area contributed by atoms with Gasteiger partial charge in [0, 0.05) is 11.1 Å². The molecule has 2 aromatic heterocycles. The summed E-state index contributed by atoms with van der Waals surface area (Å²) in [7, 11) is 0. The van der Waals surface area contributed by atoms with E-state index in [1.807, 2.05) is 0 Å². The van der Waals surface area contributed by atoms with Gasteiger partial charge in [-0.1, -0.05) is 20.8 Å². The van der Waals surface area contributed by atoms with Gasteiger partial charge in [-0.15, -0.1) is 11.3 Å². The SMILES string of the molecule is Cc1nccc(C(=O)Nc2sc3c(c2C#N)CCC(C(C)(C)C)C3)n1. The summed E-state index contributed by atoms with van der Waals surface area (Å²) < 4.78 is 0. The fourth-order valence-electron chi connectivity index (χ4n) is 3.28. The summed E-state index contributed by atoms with van der Waals surface area (Å²) in [5, 5.41) is 13.1. The minimum absolute atomic E-state index is 0.246. The van der Waals surface area contributed by atoms with Crippen molar-refractivity contribution in [1.82, 2.24) is 9.97 Å².